The lowest BCUT2D eigenvalue weighted by Gasteiger charge is -2.05. The molecule has 0 saturated heterocycles. The topological polar surface area (TPSA) is 43.4 Å². The van der Waals surface area contributed by atoms with Crippen LogP contribution in [0.4, 0.5) is 0 Å². The number of aryl methyl sites for hydroxylation is 1. The quantitative estimate of drug-likeness (QED) is 0.598. The Hall–Kier alpha value is -2.42. The zero-order valence-electron chi connectivity index (χ0n) is 9.92. The second-order valence-corrected chi connectivity index (χ2v) is 3.86. The first kappa shape index (κ1) is 12.0. The highest BCUT2D eigenvalue weighted by atomic mass is 16.6. The summed E-state index contributed by atoms with van der Waals surface area (Å²) in [5.74, 6) is -1.26. The molecule has 2 aromatic rings. The fourth-order valence-electron chi connectivity index (χ4n) is 1.57. The highest BCUT2D eigenvalue weighted by molar-refractivity contribution is 6.03. The summed E-state index contributed by atoms with van der Waals surface area (Å²) in [6.45, 7) is 1.80. The first-order valence-corrected chi connectivity index (χ1v) is 5.55. The van der Waals surface area contributed by atoms with Gasteiger partial charge in [-0.2, -0.15) is 0 Å². The van der Waals surface area contributed by atoms with Crippen molar-refractivity contribution in [2.45, 2.75) is 6.92 Å². The fraction of sp³-hybridized carbons (Fsp3) is 0.0667. The number of esters is 2. The van der Waals surface area contributed by atoms with Crippen LogP contribution in [0.15, 0.2) is 54.6 Å². The predicted molar refractivity (Wildman–Crippen MR) is 67.4 cm³/mol. The summed E-state index contributed by atoms with van der Waals surface area (Å²) in [4.78, 5) is 23.5. The number of carbonyl (C=O) groups excluding carboxylic acids is 2. The molecule has 0 heterocycles. The molecule has 3 nitrogen and oxygen atoms in total. The van der Waals surface area contributed by atoms with Crippen LogP contribution in [0.25, 0.3) is 0 Å². The molecule has 0 radical (unpaired) electrons. The van der Waals surface area contributed by atoms with Crippen molar-refractivity contribution < 1.29 is 14.3 Å². The Kier molecular flexibility index (Phi) is 3.53. The van der Waals surface area contributed by atoms with Crippen LogP contribution >= 0.6 is 0 Å². The number of hydrogen-bond acceptors (Lipinski definition) is 3. The minimum atomic E-state index is -0.635. The molecule has 0 fully saturated rings. The van der Waals surface area contributed by atoms with Gasteiger partial charge in [-0.15, -0.1) is 0 Å². The van der Waals surface area contributed by atoms with E-state index in [0.29, 0.717) is 11.1 Å². The maximum Gasteiger partial charge on any atom is 0.346 e. The lowest BCUT2D eigenvalue weighted by molar-refractivity contribution is 0.0397. The van der Waals surface area contributed by atoms with Crippen molar-refractivity contribution in [1.82, 2.24) is 0 Å². The molecular formula is C15H12O3. The van der Waals surface area contributed by atoms with Gasteiger partial charge in [-0.05, 0) is 30.7 Å². The van der Waals surface area contributed by atoms with Gasteiger partial charge in [0.15, 0.2) is 0 Å². The molecule has 0 unspecified atom stereocenters. The second-order valence-electron chi connectivity index (χ2n) is 3.86. The van der Waals surface area contributed by atoms with Gasteiger partial charge in [-0.25, -0.2) is 9.59 Å². The molecule has 0 N–H and O–H groups in total. The molecule has 0 aliphatic carbocycles. The van der Waals surface area contributed by atoms with Crippen molar-refractivity contribution in [3.63, 3.8) is 0 Å². The Morgan fingerprint density at radius 1 is 0.833 bits per heavy atom. The van der Waals surface area contributed by atoms with E-state index in [9.17, 15) is 9.59 Å². The fourth-order valence-corrected chi connectivity index (χ4v) is 1.57. The SMILES string of the molecule is Cc1ccccc1C(=O)OC(=O)c1ccccc1. The van der Waals surface area contributed by atoms with Crippen LogP contribution in [0.3, 0.4) is 0 Å². The molecule has 0 aromatic heterocycles. The second kappa shape index (κ2) is 5.27. The van der Waals surface area contributed by atoms with Gasteiger partial charge in [0.25, 0.3) is 0 Å². The average molecular weight is 240 g/mol. The smallest absolute Gasteiger partial charge is 0.346 e. The molecule has 0 amide bonds. The number of hydrogen-bond donors (Lipinski definition) is 0. The minimum Gasteiger partial charge on any atom is -0.386 e. The maximum absolute atomic E-state index is 11.8. The third-order valence-corrected chi connectivity index (χ3v) is 2.56. The van der Waals surface area contributed by atoms with Crippen LogP contribution < -0.4 is 0 Å². The van der Waals surface area contributed by atoms with E-state index < -0.39 is 11.9 Å². The van der Waals surface area contributed by atoms with E-state index in [1.54, 1.807) is 55.5 Å². The number of carbonyl (C=O) groups is 2. The molecule has 0 atom stereocenters. The number of rotatable bonds is 2. The normalized spacial score (nSPS) is 9.83. The molecule has 2 aromatic carbocycles. The van der Waals surface area contributed by atoms with Gasteiger partial charge in [0.1, 0.15) is 0 Å². The van der Waals surface area contributed by atoms with Gasteiger partial charge in [0.2, 0.25) is 0 Å². The third kappa shape index (κ3) is 2.63. The van der Waals surface area contributed by atoms with Crippen LogP contribution in [0.2, 0.25) is 0 Å². The molecule has 0 aliphatic rings. The van der Waals surface area contributed by atoms with Gasteiger partial charge in [0, 0.05) is 0 Å². The zero-order chi connectivity index (χ0) is 13.0. The average Bonchev–Trinajstić information content (AvgIpc) is 2.40. The largest absolute Gasteiger partial charge is 0.386 e. The van der Waals surface area contributed by atoms with Crippen molar-refractivity contribution in [3.05, 3.63) is 71.3 Å². The lowest BCUT2D eigenvalue weighted by atomic mass is 10.1. The van der Waals surface area contributed by atoms with E-state index in [-0.39, 0.29) is 0 Å². The first-order chi connectivity index (χ1) is 8.68. The van der Waals surface area contributed by atoms with Gasteiger partial charge in [-0.3, -0.25) is 0 Å². The van der Waals surface area contributed by atoms with Crippen molar-refractivity contribution in [2.24, 2.45) is 0 Å². The van der Waals surface area contributed by atoms with Crippen molar-refractivity contribution in [1.29, 1.82) is 0 Å². The molecule has 0 spiro atoms. The Morgan fingerprint density at radius 2 is 1.44 bits per heavy atom. The van der Waals surface area contributed by atoms with Crippen LogP contribution in [-0.2, 0) is 4.74 Å². The number of ether oxygens (including phenoxy) is 1. The van der Waals surface area contributed by atoms with Gasteiger partial charge in [0.05, 0.1) is 11.1 Å². The van der Waals surface area contributed by atoms with Crippen molar-refractivity contribution >= 4 is 11.9 Å². The van der Waals surface area contributed by atoms with Crippen LogP contribution in [0.5, 0.6) is 0 Å². The van der Waals surface area contributed by atoms with E-state index in [2.05, 4.69) is 0 Å². The summed E-state index contributed by atoms with van der Waals surface area (Å²) in [5, 5.41) is 0. The van der Waals surface area contributed by atoms with Gasteiger partial charge < -0.3 is 4.74 Å². The van der Waals surface area contributed by atoms with E-state index in [0.717, 1.165) is 5.56 Å². The maximum atomic E-state index is 11.8. The molecule has 0 bridgehead atoms. The van der Waals surface area contributed by atoms with Crippen LogP contribution in [-0.4, -0.2) is 11.9 Å². The summed E-state index contributed by atoms with van der Waals surface area (Å²) in [5.41, 5.74) is 1.55. The lowest BCUT2D eigenvalue weighted by Crippen LogP contribution is -2.13. The van der Waals surface area contributed by atoms with E-state index in [4.69, 9.17) is 4.74 Å². The molecule has 3 heteroatoms. The van der Waals surface area contributed by atoms with E-state index in [1.807, 2.05) is 6.07 Å². The van der Waals surface area contributed by atoms with Gasteiger partial charge >= 0.3 is 11.9 Å². The Balaban J connectivity index is 2.14. The molecule has 2 rings (SSSR count). The minimum absolute atomic E-state index is 0.361. The highest BCUT2D eigenvalue weighted by Crippen LogP contribution is 2.10. The Morgan fingerprint density at radius 3 is 2.11 bits per heavy atom. The van der Waals surface area contributed by atoms with E-state index in [1.165, 1.54) is 0 Å². The van der Waals surface area contributed by atoms with Crippen LogP contribution in [0, 0.1) is 6.92 Å². The predicted octanol–water partition coefficient (Wildman–Crippen LogP) is 2.99. The molecule has 0 saturated carbocycles. The number of benzene rings is 2. The highest BCUT2D eigenvalue weighted by Gasteiger charge is 2.15. The molecular weight excluding hydrogens is 228 g/mol. The molecule has 0 aliphatic heterocycles. The van der Waals surface area contributed by atoms with Gasteiger partial charge in [-0.1, -0.05) is 36.4 Å². The summed E-state index contributed by atoms with van der Waals surface area (Å²) >= 11 is 0. The summed E-state index contributed by atoms with van der Waals surface area (Å²) in [6, 6.07) is 15.4. The molecule has 18 heavy (non-hydrogen) atoms. The third-order valence-electron chi connectivity index (χ3n) is 2.56. The van der Waals surface area contributed by atoms with Crippen LogP contribution in [0.1, 0.15) is 26.3 Å². The zero-order valence-corrected chi connectivity index (χ0v) is 9.92. The summed E-state index contributed by atoms with van der Waals surface area (Å²) in [7, 11) is 0. The summed E-state index contributed by atoms with van der Waals surface area (Å²) < 4.78 is 4.83. The first-order valence-electron chi connectivity index (χ1n) is 5.55. The Labute approximate surface area is 105 Å². The Bertz CT molecular complexity index is 573. The standard InChI is InChI=1S/C15H12O3/c1-11-7-5-6-10-13(11)15(17)18-14(16)12-8-3-2-4-9-12/h2-10H,1H3. The van der Waals surface area contributed by atoms with Crippen molar-refractivity contribution in [2.75, 3.05) is 0 Å². The monoisotopic (exact) mass is 240 g/mol. The van der Waals surface area contributed by atoms with E-state index >= 15 is 0 Å². The summed E-state index contributed by atoms with van der Waals surface area (Å²) in [6.07, 6.45) is 0. The van der Waals surface area contributed by atoms with Crippen molar-refractivity contribution in [3.8, 4) is 0 Å². The molecule has 90 valence electrons.